The standard InChI is InChI=1S/C24H24N2O3/c1-2-29-20-13-7-16(8-14-20)22-15-17-5-3-4-6-21(17)23(26-22)24(28)25-18-9-11-19(27)12-10-18/h3-8,13-15,18H,2,9-12H2,1H3,(H,25,28). The van der Waals surface area contributed by atoms with E-state index in [1.807, 2.05) is 61.5 Å². The number of nitrogens with zero attached hydrogens (tertiary/aromatic N) is 1. The summed E-state index contributed by atoms with van der Waals surface area (Å²) < 4.78 is 5.51. The maximum absolute atomic E-state index is 13.1. The highest BCUT2D eigenvalue weighted by molar-refractivity contribution is 6.06. The smallest absolute Gasteiger partial charge is 0.270 e. The average molecular weight is 388 g/mol. The lowest BCUT2D eigenvalue weighted by atomic mass is 9.94. The van der Waals surface area contributed by atoms with Crippen molar-refractivity contribution in [2.45, 2.75) is 38.6 Å². The molecule has 0 spiro atoms. The molecule has 0 aliphatic heterocycles. The van der Waals surface area contributed by atoms with Crippen molar-refractivity contribution in [2.24, 2.45) is 0 Å². The average Bonchev–Trinajstić information content (AvgIpc) is 2.75. The van der Waals surface area contributed by atoms with Crippen molar-refractivity contribution in [3.8, 4) is 17.0 Å². The van der Waals surface area contributed by atoms with Gasteiger partial charge in [-0.1, -0.05) is 24.3 Å². The number of aromatic nitrogens is 1. The maximum Gasteiger partial charge on any atom is 0.270 e. The third-order valence-electron chi connectivity index (χ3n) is 5.30. The lowest BCUT2D eigenvalue weighted by Crippen LogP contribution is -2.38. The van der Waals surface area contributed by atoms with Gasteiger partial charge in [0.2, 0.25) is 0 Å². The molecule has 1 aliphatic carbocycles. The van der Waals surface area contributed by atoms with Crippen LogP contribution in [0, 0.1) is 0 Å². The third kappa shape index (κ3) is 4.29. The first-order valence-electron chi connectivity index (χ1n) is 10.1. The van der Waals surface area contributed by atoms with Crippen molar-refractivity contribution in [1.82, 2.24) is 10.3 Å². The van der Waals surface area contributed by atoms with E-state index in [2.05, 4.69) is 5.32 Å². The lowest BCUT2D eigenvalue weighted by Gasteiger charge is -2.22. The van der Waals surface area contributed by atoms with Crippen molar-refractivity contribution >= 4 is 22.5 Å². The van der Waals surface area contributed by atoms with E-state index in [0.29, 0.717) is 38.0 Å². The molecule has 1 amide bonds. The molecule has 0 unspecified atom stereocenters. The fourth-order valence-corrected chi connectivity index (χ4v) is 3.75. The zero-order valence-electron chi connectivity index (χ0n) is 16.5. The summed E-state index contributed by atoms with van der Waals surface area (Å²) in [5.41, 5.74) is 2.09. The number of carbonyl (C=O) groups is 2. The normalized spacial score (nSPS) is 14.7. The molecule has 0 radical (unpaired) electrons. The van der Waals surface area contributed by atoms with Crippen molar-refractivity contribution in [2.75, 3.05) is 6.61 Å². The second-order valence-corrected chi connectivity index (χ2v) is 7.32. The number of amides is 1. The molecule has 1 aromatic heterocycles. The Hall–Kier alpha value is -3.21. The maximum atomic E-state index is 13.1. The van der Waals surface area contributed by atoms with Gasteiger partial charge >= 0.3 is 0 Å². The number of pyridine rings is 1. The second-order valence-electron chi connectivity index (χ2n) is 7.32. The van der Waals surface area contributed by atoms with Crippen LogP contribution in [0.15, 0.2) is 54.6 Å². The number of nitrogens with one attached hydrogen (secondary N) is 1. The summed E-state index contributed by atoms with van der Waals surface area (Å²) in [7, 11) is 0. The highest BCUT2D eigenvalue weighted by Gasteiger charge is 2.22. The summed E-state index contributed by atoms with van der Waals surface area (Å²) in [6.07, 6.45) is 2.46. The van der Waals surface area contributed by atoms with Gasteiger partial charge in [-0.15, -0.1) is 0 Å². The highest BCUT2D eigenvalue weighted by atomic mass is 16.5. The first kappa shape index (κ1) is 19.1. The molecule has 29 heavy (non-hydrogen) atoms. The fraction of sp³-hybridized carbons (Fsp3) is 0.292. The minimum absolute atomic E-state index is 0.0231. The van der Waals surface area contributed by atoms with Gasteiger partial charge in [0.15, 0.2) is 0 Å². The summed E-state index contributed by atoms with van der Waals surface area (Å²) in [5, 5.41) is 4.87. The van der Waals surface area contributed by atoms with E-state index in [9.17, 15) is 9.59 Å². The minimum atomic E-state index is -0.187. The van der Waals surface area contributed by atoms with E-state index in [1.54, 1.807) is 0 Å². The van der Waals surface area contributed by atoms with E-state index in [0.717, 1.165) is 27.8 Å². The number of carbonyl (C=O) groups excluding carboxylic acids is 2. The lowest BCUT2D eigenvalue weighted by molar-refractivity contribution is -0.120. The predicted octanol–water partition coefficient (Wildman–Crippen LogP) is 4.54. The molecule has 1 aliphatic rings. The molecule has 1 heterocycles. The molecular weight excluding hydrogens is 364 g/mol. The Balaban J connectivity index is 1.67. The van der Waals surface area contributed by atoms with Crippen LogP contribution >= 0.6 is 0 Å². The Morgan fingerprint density at radius 2 is 1.83 bits per heavy atom. The van der Waals surface area contributed by atoms with E-state index >= 15 is 0 Å². The van der Waals surface area contributed by atoms with E-state index in [-0.39, 0.29) is 17.7 Å². The van der Waals surface area contributed by atoms with E-state index in [1.165, 1.54) is 0 Å². The van der Waals surface area contributed by atoms with Crippen molar-refractivity contribution < 1.29 is 14.3 Å². The molecule has 0 saturated heterocycles. The van der Waals surface area contributed by atoms with Crippen LogP contribution in [0.1, 0.15) is 43.1 Å². The van der Waals surface area contributed by atoms with Gasteiger partial charge in [-0.25, -0.2) is 4.98 Å². The van der Waals surface area contributed by atoms with Crippen LogP contribution in [0.3, 0.4) is 0 Å². The van der Waals surface area contributed by atoms with Gasteiger partial charge in [0.25, 0.3) is 5.91 Å². The number of benzene rings is 2. The second kappa shape index (κ2) is 8.43. The quantitative estimate of drug-likeness (QED) is 0.697. The largest absolute Gasteiger partial charge is 0.494 e. The highest BCUT2D eigenvalue weighted by Crippen LogP contribution is 2.27. The van der Waals surface area contributed by atoms with Crippen LogP contribution in [-0.4, -0.2) is 29.3 Å². The zero-order valence-corrected chi connectivity index (χ0v) is 16.5. The number of ketones is 1. The Morgan fingerprint density at radius 1 is 1.10 bits per heavy atom. The Bertz CT molecular complexity index is 1030. The Labute approximate surface area is 170 Å². The summed E-state index contributed by atoms with van der Waals surface area (Å²) in [6, 6.07) is 17.5. The summed E-state index contributed by atoms with van der Waals surface area (Å²) in [6.45, 7) is 2.57. The zero-order chi connectivity index (χ0) is 20.2. The van der Waals surface area contributed by atoms with Crippen molar-refractivity contribution in [3.63, 3.8) is 0 Å². The molecule has 1 fully saturated rings. The SMILES string of the molecule is CCOc1ccc(-c2cc3ccccc3c(C(=O)NC3CCC(=O)CC3)n2)cc1. The molecule has 0 atom stereocenters. The van der Waals surface area contributed by atoms with Crippen molar-refractivity contribution in [3.05, 3.63) is 60.3 Å². The third-order valence-corrected chi connectivity index (χ3v) is 5.30. The van der Waals surface area contributed by atoms with Crippen LogP contribution < -0.4 is 10.1 Å². The number of fused-ring (bicyclic) bond motifs is 1. The summed E-state index contributed by atoms with van der Waals surface area (Å²) in [4.78, 5) is 29.2. The Morgan fingerprint density at radius 3 is 2.55 bits per heavy atom. The van der Waals surface area contributed by atoms with E-state index in [4.69, 9.17) is 9.72 Å². The monoisotopic (exact) mass is 388 g/mol. The molecule has 2 aromatic carbocycles. The molecule has 4 rings (SSSR count). The number of hydrogen-bond donors (Lipinski definition) is 1. The summed E-state index contributed by atoms with van der Waals surface area (Å²) in [5.74, 6) is 0.895. The van der Waals surface area contributed by atoms with E-state index < -0.39 is 0 Å². The molecule has 1 N–H and O–H groups in total. The molecule has 5 heteroatoms. The minimum Gasteiger partial charge on any atom is -0.494 e. The first-order chi connectivity index (χ1) is 14.1. The first-order valence-corrected chi connectivity index (χ1v) is 10.1. The van der Waals surface area contributed by atoms with Gasteiger partial charge in [-0.2, -0.15) is 0 Å². The van der Waals surface area contributed by atoms with Crippen LogP contribution in [0.4, 0.5) is 0 Å². The number of rotatable bonds is 5. The van der Waals surface area contributed by atoms with Gasteiger partial charge < -0.3 is 10.1 Å². The van der Waals surface area contributed by atoms with Crippen LogP contribution in [0.2, 0.25) is 0 Å². The Kier molecular flexibility index (Phi) is 5.56. The summed E-state index contributed by atoms with van der Waals surface area (Å²) >= 11 is 0. The van der Waals surface area contributed by atoms with Crippen LogP contribution in [-0.2, 0) is 4.79 Å². The van der Waals surface area contributed by atoms with Crippen molar-refractivity contribution in [1.29, 1.82) is 0 Å². The van der Waals surface area contributed by atoms with Gasteiger partial charge in [0.05, 0.1) is 12.3 Å². The number of hydrogen-bond acceptors (Lipinski definition) is 4. The topological polar surface area (TPSA) is 68.3 Å². The van der Waals surface area contributed by atoms with Crippen LogP contribution in [0.25, 0.3) is 22.0 Å². The molecule has 148 valence electrons. The molecule has 3 aromatic rings. The molecular formula is C24H24N2O3. The van der Waals surface area contributed by atoms with Gasteiger partial charge in [0, 0.05) is 29.8 Å². The van der Waals surface area contributed by atoms with Gasteiger partial charge in [-0.3, -0.25) is 9.59 Å². The predicted molar refractivity (Wildman–Crippen MR) is 113 cm³/mol. The molecule has 0 bridgehead atoms. The molecule has 1 saturated carbocycles. The van der Waals surface area contributed by atoms with Gasteiger partial charge in [-0.05, 0) is 55.5 Å². The van der Waals surface area contributed by atoms with Crippen LogP contribution in [0.5, 0.6) is 5.75 Å². The number of ether oxygens (including phenoxy) is 1. The number of Topliss-reactive ketones (excluding diaryl/α,β-unsaturated/α-hetero) is 1. The fourth-order valence-electron chi connectivity index (χ4n) is 3.75. The van der Waals surface area contributed by atoms with Gasteiger partial charge in [0.1, 0.15) is 17.2 Å². The molecule has 5 nitrogen and oxygen atoms in total.